The Bertz CT molecular complexity index is 725. The lowest BCUT2D eigenvalue weighted by molar-refractivity contribution is 0.0779. The molecule has 0 saturated carbocycles. The van der Waals surface area contributed by atoms with Gasteiger partial charge in [0.05, 0.1) is 31.0 Å². The maximum absolute atomic E-state index is 12.4. The zero-order valence-corrected chi connectivity index (χ0v) is 14.4. The fourth-order valence-electron chi connectivity index (χ4n) is 2.79. The Morgan fingerprint density at radius 1 is 1.48 bits per heavy atom. The maximum atomic E-state index is 12.4. The van der Waals surface area contributed by atoms with E-state index in [1.54, 1.807) is 26.3 Å². The molecule has 1 amide bonds. The van der Waals surface area contributed by atoms with Crippen LogP contribution in [0.1, 0.15) is 52.1 Å². The topological polar surface area (TPSA) is 99.4 Å². The summed E-state index contributed by atoms with van der Waals surface area (Å²) in [5, 5.41) is 6.64. The van der Waals surface area contributed by atoms with E-state index in [1.165, 1.54) is 0 Å². The molecule has 3 heterocycles. The average Bonchev–Trinajstić information content (AvgIpc) is 3.02. The van der Waals surface area contributed by atoms with E-state index in [0.29, 0.717) is 24.5 Å². The number of amides is 1. The van der Waals surface area contributed by atoms with Crippen LogP contribution in [-0.2, 0) is 22.6 Å². The Morgan fingerprint density at radius 2 is 2.36 bits per heavy atom. The Kier molecular flexibility index (Phi) is 5.72. The highest BCUT2D eigenvalue weighted by atomic mass is 16.5. The van der Waals surface area contributed by atoms with Crippen molar-refractivity contribution in [2.45, 2.75) is 38.8 Å². The molecule has 1 fully saturated rings. The molecular formula is C17H22N4O4. The highest BCUT2D eigenvalue weighted by Gasteiger charge is 2.21. The van der Waals surface area contributed by atoms with Crippen molar-refractivity contribution < 1.29 is 18.8 Å². The lowest BCUT2D eigenvalue weighted by Gasteiger charge is -2.20. The van der Waals surface area contributed by atoms with E-state index >= 15 is 0 Å². The van der Waals surface area contributed by atoms with Crippen LogP contribution in [0.2, 0.25) is 0 Å². The number of methoxy groups -OCH3 is 1. The predicted molar refractivity (Wildman–Crippen MR) is 87.9 cm³/mol. The Labute approximate surface area is 145 Å². The molecule has 8 nitrogen and oxygen atoms in total. The Balaban J connectivity index is 1.64. The number of nitrogens with zero attached hydrogens (tertiary/aromatic N) is 3. The van der Waals surface area contributed by atoms with Crippen molar-refractivity contribution in [3.05, 3.63) is 40.8 Å². The van der Waals surface area contributed by atoms with Gasteiger partial charge in [-0.15, -0.1) is 0 Å². The summed E-state index contributed by atoms with van der Waals surface area (Å²) < 4.78 is 15.7. The molecular weight excluding hydrogens is 324 g/mol. The molecule has 1 N–H and O–H groups in total. The Hall–Kier alpha value is -2.32. The second-order valence-corrected chi connectivity index (χ2v) is 6.00. The van der Waals surface area contributed by atoms with Crippen LogP contribution in [0.4, 0.5) is 0 Å². The van der Waals surface area contributed by atoms with Crippen molar-refractivity contribution in [2.75, 3.05) is 20.3 Å². The van der Waals surface area contributed by atoms with Crippen LogP contribution in [0, 0.1) is 6.92 Å². The zero-order valence-electron chi connectivity index (χ0n) is 14.4. The molecule has 134 valence electrons. The molecule has 8 heteroatoms. The van der Waals surface area contributed by atoms with Gasteiger partial charge < -0.3 is 19.3 Å². The van der Waals surface area contributed by atoms with Gasteiger partial charge in [-0.05, 0) is 25.8 Å². The van der Waals surface area contributed by atoms with Crippen LogP contribution < -0.4 is 5.32 Å². The van der Waals surface area contributed by atoms with Crippen LogP contribution in [0.25, 0.3) is 0 Å². The third-order valence-corrected chi connectivity index (χ3v) is 4.18. The molecule has 1 aliphatic heterocycles. The number of rotatable bonds is 6. The minimum absolute atomic E-state index is 0.218. The molecule has 1 aliphatic rings. The summed E-state index contributed by atoms with van der Waals surface area (Å²) in [6, 6.07) is 1.79. The fraction of sp³-hybridized carbons (Fsp3) is 0.529. The number of hydrogen-bond acceptors (Lipinski definition) is 7. The van der Waals surface area contributed by atoms with E-state index in [9.17, 15) is 4.79 Å². The monoisotopic (exact) mass is 346 g/mol. The van der Waals surface area contributed by atoms with Crippen molar-refractivity contribution in [2.24, 2.45) is 0 Å². The highest BCUT2D eigenvalue weighted by molar-refractivity contribution is 5.93. The number of nitrogens with one attached hydrogen (secondary N) is 1. The van der Waals surface area contributed by atoms with Gasteiger partial charge in [0.15, 0.2) is 5.69 Å². The molecule has 2 aromatic rings. The predicted octanol–water partition coefficient (Wildman–Crippen LogP) is 1.74. The summed E-state index contributed by atoms with van der Waals surface area (Å²) in [4.78, 5) is 21.3. The second kappa shape index (κ2) is 8.17. The first-order valence-electron chi connectivity index (χ1n) is 8.31. The van der Waals surface area contributed by atoms with Gasteiger partial charge in [-0.2, -0.15) is 0 Å². The molecule has 0 spiro atoms. The SMILES string of the molecule is COCc1c(C(=O)NCc2ccnc([C@@H]3CCCOC3)n2)noc1C. The summed E-state index contributed by atoms with van der Waals surface area (Å²) >= 11 is 0. The van der Waals surface area contributed by atoms with Crippen molar-refractivity contribution in [1.82, 2.24) is 20.4 Å². The molecule has 0 unspecified atom stereocenters. The number of aromatic nitrogens is 3. The van der Waals surface area contributed by atoms with Gasteiger partial charge in [-0.1, -0.05) is 5.16 Å². The van der Waals surface area contributed by atoms with Crippen LogP contribution in [0.3, 0.4) is 0 Å². The Morgan fingerprint density at radius 3 is 3.12 bits per heavy atom. The van der Waals surface area contributed by atoms with Gasteiger partial charge in [0, 0.05) is 25.8 Å². The van der Waals surface area contributed by atoms with Crippen molar-refractivity contribution >= 4 is 5.91 Å². The standard InChI is InChI=1S/C17H22N4O4/c1-11-14(10-23-2)15(21-25-11)17(22)19-8-13-5-6-18-16(20-13)12-4-3-7-24-9-12/h5-6,12H,3-4,7-10H2,1-2H3,(H,19,22)/t12-/m1/s1. The number of hydrogen-bond donors (Lipinski definition) is 1. The van der Waals surface area contributed by atoms with E-state index in [-0.39, 0.29) is 24.1 Å². The van der Waals surface area contributed by atoms with Gasteiger partial charge in [-0.3, -0.25) is 4.79 Å². The molecule has 2 aromatic heterocycles. The summed E-state index contributed by atoms with van der Waals surface area (Å²) in [6.45, 7) is 3.76. The maximum Gasteiger partial charge on any atom is 0.274 e. The van der Waals surface area contributed by atoms with Gasteiger partial charge in [0.2, 0.25) is 0 Å². The lowest BCUT2D eigenvalue weighted by Crippen LogP contribution is -2.25. The van der Waals surface area contributed by atoms with Gasteiger partial charge in [-0.25, -0.2) is 9.97 Å². The third kappa shape index (κ3) is 4.21. The molecule has 1 atom stereocenters. The number of carbonyl (C=O) groups excluding carboxylic acids is 1. The molecule has 0 radical (unpaired) electrons. The zero-order chi connectivity index (χ0) is 17.6. The van der Waals surface area contributed by atoms with Crippen LogP contribution >= 0.6 is 0 Å². The minimum Gasteiger partial charge on any atom is -0.381 e. The van der Waals surface area contributed by atoms with E-state index in [2.05, 4.69) is 20.4 Å². The molecule has 0 aromatic carbocycles. The van der Waals surface area contributed by atoms with E-state index in [0.717, 1.165) is 31.0 Å². The molecule has 0 bridgehead atoms. The first-order valence-corrected chi connectivity index (χ1v) is 8.31. The van der Waals surface area contributed by atoms with Crippen LogP contribution in [0.15, 0.2) is 16.8 Å². The van der Waals surface area contributed by atoms with Crippen LogP contribution in [0.5, 0.6) is 0 Å². The minimum atomic E-state index is -0.315. The molecule has 25 heavy (non-hydrogen) atoms. The van der Waals surface area contributed by atoms with E-state index in [4.69, 9.17) is 14.0 Å². The summed E-state index contributed by atoms with van der Waals surface area (Å²) in [6.07, 6.45) is 3.76. The highest BCUT2D eigenvalue weighted by Crippen LogP contribution is 2.22. The summed E-state index contributed by atoms with van der Waals surface area (Å²) in [7, 11) is 1.56. The first-order chi connectivity index (χ1) is 12.2. The van der Waals surface area contributed by atoms with Gasteiger partial charge in [0.1, 0.15) is 11.6 Å². The van der Waals surface area contributed by atoms with Crippen molar-refractivity contribution in [1.29, 1.82) is 0 Å². The average molecular weight is 346 g/mol. The fourth-order valence-corrected chi connectivity index (χ4v) is 2.79. The van der Waals surface area contributed by atoms with Crippen molar-refractivity contribution in [3.63, 3.8) is 0 Å². The second-order valence-electron chi connectivity index (χ2n) is 6.00. The van der Waals surface area contributed by atoms with E-state index in [1.807, 2.05) is 0 Å². The largest absolute Gasteiger partial charge is 0.381 e. The molecule has 1 saturated heterocycles. The first kappa shape index (κ1) is 17.5. The van der Waals surface area contributed by atoms with Gasteiger partial charge in [0.25, 0.3) is 5.91 Å². The quantitative estimate of drug-likeness (QED) is 0.850. The smallest absolute Gasteiger partial charge is 0.274 e. The molecule has 3 rings (SSSR count). The summed E-state index contributed by atoms with van der Waals surface area (Å²) in [5.74, 6) is 1.25. The van der Waals surface area contributed by atoms with E-state index < -0.39 is 0 Å². The van der Waals surface area contributed by atoms with Crippen molar-refractivity contribution in [3.8, 4) is 0 Å². The molecule has 0 aliphatic carbocycles. The summed E-state index contributed by atoms with van der Waals surface area (Å²) in [5.41, 5.74) is 1.65. The number of aryl methyl sites for hydroxylation is 1. The number of carbonyl (C=O) groups is 1. The number of ether oxygens (including phenoxy) is 2. The van der Waals surface area contributed by atoms with Crippen LogP contribution in [-0.4, -0.2) is 41.4 Å². The normalized spacial score (nSPS) is 17.4. The third-order valence-electron chi connectivity index (χ3n) is 4.18. The lowest BCUT2D eigenvalue weighted by atomic mass is 10.0. The van der Waals surface area contributed by atoms with Gasteiger partial charge >= 0.3 is 0 Å².